The number of rotatable bonds is 6. The van der Waals surface area contributed by atoms with E-state index in [2.05, 4.69) is 28.1 Å². The number of ether oxygens (including phenoxy) is 1. The maximum atomic E-state index is 5.84. The van der Waals surface area contributed by atoms with Gasteiger partial charge in [-0.05, 0) is 18.6 Å². The first kappa shape index (κ1) is 15.5. The Morgan fingerprint density at radius 2 is 1.74 bits per heavy atom. The van der Waals surface area contributed by atoms with Gasteiger partial charge in [0.2, 0.25) is 5.13 Å². The molecule has 2 aromatic carbocycles. The average molecular weight is 325 g/mol. The number of para-hydroxylation sites is 1. The molecule has 0 fully saturated rings. The Bertz CT molecular complexity index is 758. The zero-order valence-electron chi connectivity index (χ0n) is 13.3. The Hall–Kier alpha value is -2.40. The summed E-state index contributed by atoms with van der Waals surface area (Å²) in [5.74, 6) is 0.933. The van der Waals surface area contributed by atoms with Gasteiger partial charge in [-0.25, -0.2) is 0 Å². The van der Waals surface area contributed by atoms with Crippen LogP contribution in [0.15, 0.2) is 54.6 Å². The van der Waals surface area contributed by atoms with Crippen molar-refractivity contribution in [3.8, 4) is 16.3 Å². The largest absolute Gasteiger partial charge is 0.491 e. The van der Waals surface area contributed by atoms with E-state index < -0.39 is 0 Å². The highest BCUT2D eigenvalue weighted by atomic mass is 32.1. The van der Waals surface area contributed by atoms with Crippen molar-refractivity contribution in [2.45, 2.75) is 6.92 Å². The number of aryl methyl sites for hydroxylation is 1. The third-order valence-corrected chi connectivity index (χ3v) is 4.63. The van der Waals surface area contributed by atoms with Gasteiger partial charge in [0.25, 0.3) is 0 Å². The van der Waals surface area contributed by atoms with E-state index in [9.17, 15) is 0 Å². The van der Waals surface area contributed by atoms with Gasteiger partial charge >= 0.3 is 0 Å². The van der Waals surface area contributed by atoms with E-state index >= 15 is 0 Å². The molecule has 0 aliphatic rings. The van der Waals surface area contributed by atoms with Crippen molar-refractivity contribution in [2.24, 2.45) is 0 Å². The van der Waals surface area contributed by atoms with E-state index in [0.29, 0.717) is 6.61 Å². The molecule has 0 amide bonds. The van der Waals surface area contributed by atoms with Crippen molar-refractivity contribution in [2.75, 3.05) is 25.1 Å². The fourth-order valence-corrected chi connectivity index (χ4v) is 3.01. The SMILES string of the molecule is Cc1ccccc1OCCN(C)c1nnc(-c2ccccc2)s1. The standard InChI is InChI=1S/C18H19N3OS/c1-14-8-6-7-11-16(14)22-13-12-21(2)18-20-19-17(23-18)15-9-4-3-5-10-15/h3-11H,12-13H2,1-2H3. The molecule has 3 aromatic rings. The van der Waals surface area contributed by atoms with Crippen LogP contribution in [0.2, 0.25) is 0 Å². The Balaban J connectivity index is 1.58. The summed E-state index contributed by atoms with van der Waals surface area (Å²) in [5, 5.41) is 10.4. The molecular formula is C18H19N3OS. The molecule has 1 aromatic heterocycles. The lowest BCUT2D eigenvalue weighted by atomic mass is 10.2. The van der Waals surface area contributed by atoms with Gasteiger partial charge in [-0.3, -0.25) is 0 Å². The molecular weight excluding hydrogens is 306 g/mol. The lowest BCUT2D eigenvalue weighted by Gasteiger charge is -2.16. The van der Waals surface area contributed by atoms with Crippen LogP contribution in [0.5, 0.6) is 5.75 Å². The molecule has 1 heterocycles. The smallest absolute Gasteiger partial charge is 0.208 e. The lowest BCUT2D eigenvalue weighted by molar-refractivity contribution is 0.323. The van der Waals surface area contributed by atoms with Gasteiger partial charge in [0.05, 0.1) is 6.54 Å². The minimum absolute atomic E-state index is 0.613. The van der Waals surface area contributed by atoms with Crippen LogP contribution in [-0.2, 0) is 0 Å². The molecule has 0 N–H and O–H groups in total. The molecule has 0 bridgehead atoms. The highest BCUT2D eigenvalue weighted by Crippen LogP contribution is 2.27. The highest BCUT2D eigenvalue weighted by molar-refractivity contribution is 7.18. The van der Waals surface area contributed by atoms with Crippen LogP contribution < -0.4 is 9.64 Å². The number of likely N-dealkylation sites (N-methyl/N-ethyl adjacent to an activating group) is 1. The molecule has 0 saturated heterocycles. The van der Waals surface area contributed by atoms with Crippen LogP contribution >= 0.6 is 11.3 Å². The topological polar surface area (TPSA) is 38.2 Å². The maximum Gasteiger partial charge on any atom is 0.208 e. The first-order chi connectivity index (χ1) is 11.2. The van der Waals surface area contributed by atoms with Crippen molar-refractivity contribution in [3.63, 3.8) is 0 Å². The third kappa shape index (κ3) is 3.87. The van der Waals surface area contributed by atoms with E-state index in [1.165, 1.54) is 0 Å². The van der Waals surface area contributed by atoms with Crippen LogP contribution in [0, 0.1) is 6.92 Å². The molecule has 0 atom stereocenters. The van der Waals surface area contributed by atoms with Crippen molar-refractivity contribution in [1.82, 2.24) is 10.2 Å². The van der Waals surface area contributed by atoms with Gasteiger partial charge in [0.1, 0.15) is 17.4 Å². The average Bonchev–Trinajstić information content (AvgIpc) is 3.07. The number of benzene rings is 2. The van der Waals surface area contributed by atoms with Gasteiger partial charge in [0.15, 0.2) is 0 Å². The maximum absolute atomic E-state index is 5.84. The molecule has 0 saturated carbocycles. The minimum Gasteiger partial charge on any atom is -0.491 e. The summed E-state index contributed by atoms with van der Waals surface area (Å²) in [7, 11) is 2.01. The highest BCUT2D eigenvalue weighted by Gasteiger charge is 2.10. The van der Waals surface area contributed by atoms with E-state index in [4.69, 9.17) is 4.74 Å². The predicted molar refractivity (Wildman–Crippen MR) is 95.3 cm³/mol. The third-order valence-electron chi connectivity index (χ3n) is 3.54. The van der Waals surface area contributed by atoms with Crippen molar-refractivity contribution in [1.29, 1.82) is 0 Å². The molecule has 0 aliphatic heterocycles. The molecule has 0 aliphatic carbocycles. The summed E-state index contributed by atoms with van der Waals surface area (Å²) in [5.41, 5.74) is 2.25. The van der Waals surface area contributed by atoms with Crippen molar-refractivity contribution in [3.05, 3.63) is 60.2 Å². The Morgan fingerprint density at radius 1 is 1.00 bits per heavy atom. The van der Waals surface area contributed by atoms with Crippen molar-refractivity contribution >= 4 is 16.5 Å². The fourth-order valence-electron chi connectivity index (χ4n) is 2.17. The number of nitrogens with zero attached hydrogens (tertiary/aromatic N) is 3. The zero-order valence-corrected chi connectivity index (χ0v) is 14.1. The molecule has 0 unspecified atom stereocenters. The second-order valence-corrected chi connectivity index (χ2v) is 6.25. The predicted octanol–water partition coefficient (Wildman–Crippen LogP) is 4.03. The van der Waals surface area contributed by atoms with Crippen LogP contribution in [0.1, 0.15) is 5.56 Å². The molecule has 4 nitrogen and oxygen atoms in total. The Kier molecular flexibility index (Phi) is 4.88. The molecule has 118 valence electrons. The summed E-state index contributed by atoms with van der Waals surface area (Å²) in [4.78, 5) is 2.07. The van der Waals surface area contributed by atoms with Gasteiger partial charge in [-0.15, -0.1) is 10.2 Å². The fraction of sp³-hybridized carbons (Fsp3) is 0.222. The summed E-state index contributed by atoms with van der Waals surface area (Å²) in [6.07, 6.45) is 0. The first-order valence-electron chi connectivity index (χ1n) is 7.52. The van der Waals surface area contributed by atoms with Crippen LogP contribution in [0.4, 0.5) is 5.13 Å². The summed E-state index contributed by atoms with van der Waals surface area (Å²) in [6.45, 7) is 3.43. The Labute approximate surface area is 140 Å². The van der Waals surface area contributed by atoms with E-state index in [1.807, 2.05) is 55.6 Å². The van der Waals surface area contributed by atoms with Crippen LogP contribution in [-0.4, -0.2) is 30.4 Å². The van der Waals surface area contributed by atoms with Gasteiger partial charge < -0.3 is 9.64 Å². The van der Waals surface area contributed by atoms with Crippen LogP contribution in [0.25, 0.3) is 10.6 Å². The lowest BCUT2D eigenvalue weighted by Crippen LogP contribution is -2.23. The molecule has 5 heteroatoms. The zero-order chi connectivity index (χ0) is 16.1. The summed E-state index contributed by atoms with van der Waals surface area (Å²) in [6, 6.07) is 18.2. The first-order valence-corrected chi connectivity index (χ1v) is 8.34. The molecule has 0 spiro atoms. The second kappa shape index (κ2) is 7.24. The monoisotopic (exact) mass is 325 g/mol. The number of anilines is 1. The minimum atomic E-state index is 0.613. The second-order valence-electron chi connectivity index (χ2n) is 5.29. The molecule has 3 rings (SSSR count). The van der Waals surface area contributed by atoms with E-state index in [1.54, 1.807) is 11.3 Å². The van der Waals surface area contributed by atoms with Gasteiger partial charge in [0, 0.05) is 12.6 Å². The molecule has 23 heavy (non-hydrogen) atoms. The number of hydrogen-bond donors (Lipinski definition) is 0. The van der Waals surface area contributed by atoms with E-state index in [0.717, 1.165) is 33.6 Å². The van der Waals surface area contributed by atoms with Crippen molar-refractivity contribution < 1.29 is 4.74 Å². The summed E-state index contributed by atoms with van der Waals surface area (Å²) < 4.78 is 5.84. The number of aromatic nitrogens is 2. The van der Waals surface area contributed by atoms with Gasteiger partial charge in [-0.1, -0.05) is 59.9 Å². The summed E-state index contributed by atoms with van der Waals surface area (Å²) >= 11 is 1.59. The molecule has 0 radical (unpaired) electrons. The Morgan fingerprint density at radius 3 is 2.52 bits per heavy atom. The van der Waals surface area contributed by atoms with Gasteiger partial charge in [-0.2, -0.15) is 0 Å². The quantitative estimate of drug-likeness (QED) is 0.686. The van der Waals surface area contributed by atoms with E-state index in [-0.39, 0.29) is 0 Å². The van der Waals surface area contributed by atoms with Crippen LogP contribution in [0.3, 0.4) is 0 Å². The number of hydrogen-bond acceptors (Lipinski definition) is 5. The normalized spacial score (nSPS) is 10.5.